The fourth-order valence-electron chi connectivity index (χ4n) is 3.04. The van der Waals surface area contributed by atoms with Gasteiger partial charge in [0.25, 0.3) is 0 Å². The van der Waals surface area contributed by atoms with Crippen molar-refractivity contribution >= 4 is 34.8 Å². The second-order valence-corrected chi connectivity index (χ2v) is 9.47. The molecule has 1 N–H and O–H groups in total. The zero-order valence-corrected chi connectivity index (χ0v) is 14.4. The third kappa shape index (κ3) is 3.33. The van der Waals surface area contributed by atoms with Crippen LogP contribution in [-0.2, 0) is 0 Å². The van der Waals surface area contributed by atoms with Crippen LogP contribution in [0.1, 0.15) is 0 Å². The zero-order chi connectivity index (χ0) is 16.1. The van der Waals surface area contributed by atoms with Gasteiger partial charge in [-0.15, -0.1) is 0 Å². The van der Waals surface area contributed by atoms with E-state index < -0.39 is 12.8 Å². The number of alkyl halides is 1. The quantitative estimate of drug-likeness (QED) is 0.556. The Kier molecular flexibility index (Phi) is 5.13. The monoisotopic (exact) mass is 341 g/mol. The Morgan fingerprint density at radius 3 is 1.22 bits per heavy atom. The van der Waals surface area contributed by atoms with E-state index in [-0.39, 0.29) is 0 Å². The van der Waals surface area contributed by atoms with Gasteiger partial charge in [0.05, 0.1) is 0 Å². The average Bonchev–Trinajstić information content (AvgIpc) is 2.62. The minimum Gasteiger partial charge on any atom is -0.374 e. The van der Waals surface area contributed by atoms with E-state index in [1.54, 1.807) is 0 Å². The topological polar surface area (TPSA) is 20.2 Å². The molecule has 0 saturated carbocycles. The van der Waals surface area contributed by atoms with Crippen LogP contribution in [0, 0.1) is 0 Å². The van der Waals surface area contributed by atoms with Gasteiger partial charge in [-0.2, -0.15) is 0 Å². The predicted molar refractivity (Wildman–Crippen MR) is 102 cm³/mol. The lowest BCUT2D eigenvalue weighted by Gasteiger charge is -2.28. The molecule has 3 heteroatoms. The molecule has 1 atom stereocenters. The molecule has 0 radical (unpaired) electrons. The summed E-state index contributed by atoms with van der Waals surface area (Å²) in [7, 11) is -1.99. The standard InChI is InChI=1S/C20H19ClOP/c21-20(22)16-23(17-10-4-1-5-11-17,18-12-6-2-7-13-18)19-14-8-3-9-15-19/h1-15,20,22H,16H2/q+1. The van der Waals surface area contributed by atoms with Crippen molar-refractivity contribution in [3.8, 4) is 0 Å². The molecular formula is C20H19ClOP+. The highest BCUT2D eigenvalue weighted by atomic mass is 35.5. The van der Waals surface area contributed by atoms with E-state index in [4.69, 9.17) is 11.6 Å². The van der Waals surface area contributed by atoms with E-state index in [0.717, 1.165) is 0 Å². The molecule has 3 rings (SSSR count). The van der Waals surface area contributed by atoms with Gasteiger partial charge in [0.15, 0.2) is 5.56 Å². The summed E-state index contributed by atoms with van der Waals surface area (Å²) in [5.74, 6) is 0. The number of aliphatic hydroxyl groups is 1. The predicted octanol–water partition coefficient (Wildman–Crippen LogP) is 3.54. The molecule has 0 bridgehead atoms. The van der Waals surface area contributed by atoms with Crippen LogP contribution in [0.4, 0.5) is 0 Å². The van der Waals surface area contributed by atoms with Crippen molar-refractivity contribution < 1.29 is 5.11 Å². The molecule has 0 amide bonds. The van der Waals surface area contributed by atoms with Gasteiger partial charge in [0, 0.05) is 0 Å². The van der Waals surface area contributed by atoms with Gasteiger partial charge in [0.2, 0.25) is 0 Å². The van der Waals surface area contributed by atoms with Crippen LogP contribution in [0.25, 0.3) is 0 Å². The second-order valence-electron chi connectivity index (χ2n) is 5.43. The van der Waals surface area contributed by atoms with E-state index in [2.05, 4.69) is 72.8 Å². The van der Waals surface area contributed by atoms with Crippen molar-refractivity contribution in [2.24, 2.45) is 0 Å². The molecular weight excluding hydrogens is 323 g/mol. The molecule has 0 heterocycles. The van der Waals surface area contributed by atoms with Gasteiger partial charge in [-0.3, -0.25) is 0 Å². The van der Waals surface area contributed by atoms with E-state index in [9.17, 15) is 5.11 Å². The molecule has 0 spiro atoms. The van der Waals surface area contributed by atoms with Crippen LogP contribution in [0.2, 0.25) is 0 Å². The first-order valence-electron chi connectivity index (χ1n) is 7.60. The van der Waals surface area contributed by atoms with Crippen LogP contribution < -0.4 is 15.9 Å². The van der Waals surface area contributed by atoms with Crippen LogP contribution in [0.3, 0.4) is 0 Å². The highest BCUT2D eigenvalue weighted by Gasteiger charge is 2.46. The number of benzene rings is 3. The lowest BCUT2D eigenvalue weighted by Crippen LogP contribution is -2.35. The Morgan fingerprint density at radius 2 is 0.957 bits per heavy atom. The molecule has 0 saturated heterocycles. The first-order chi connectivity index (χ1) is 11.2. The summed E-state index contributed by atoms with van der Waals surface area (Å²) in [6, 6.07) is 31.2. The first-order valence-corrected chi connectivity index (χ1v) is 10.0. The Bertz CT molecular complexity index is 633. The van der Waals surface area contributed by atoms with Gasteiger partial charge in [0.1, 0.15) is 29.3 Å². The van der Waals surface area contributed by atoms with Crippen LogP contribution in [0.15, 0.2) is 91.0 Å². The fraction of sp³-hybridized carbons (Fsp3) is 0.100. The van der Waals surface area contributed by atoms with Crippen molar-refractivity contribution in [1.82, 2.24) is 0 Å². The number of hydrogen-bond acceptors (Lipinski definition) is 1. The molecule has 23 heavy (non-hydrogen) atoms. The second kappa shape index (κ2) is 7.27. The van der Waals surface area contributed by atoms with Crippen LogP contribution in [0.5, 0.6) is 0 Å². The number of hydrogen-bond donors (Lipinski definition) is 1. The first kappa shape index (κ1) is 16.2. The van der Waals surface area contributed by atoms with Crippen molar-refractivity contribution in [2.75, 3.05) is 6.16 Å². The summed E-state index contributed by atoms with van der Waals surface area (Å²) in [5, 5.41) is 13.8. The number of aliphatic hydroxyl groups excluding tert-OH is 1. The van der Waals surface area contributed by atoms with Gasteiger partial charge in [-0.05, 0) is 36.4 Å². The summed E-state index contributed by atoms with van der Waals surface area (Å²) >= 11 is 6.10. The fourth-order valence-corrected chi connectivity index (χ4v) is 7.68. The Labute approximate surface area is 142 Å². The molecule has 3 aromatic carbocycles. The molecule has 1 unspecified atom stereocenters. The third-order valence-corrected chi connectivity index (χ3v) is 8.82. The minimum absolute atomic E-state index is 0.520. The third-order valence-electron chi connectivity index (χ3n) is 4.02. The summed E-state index contributed by atoms with van der Waals surface area (Å²) in [6.07, 6.45) is 0.520. The molecule has 0 fully saturated rings. The Hall–Kier alpha value is -1.66. The molecule has 0 aromatic heterocycles. The van der Waals surface area contributed by atoms with Gasteiger partial charge >= 0.3 is 0 Å². The summed E-state index contributed by atoms with van der Waals surface area (Å²) in [5.41, 5.74) is -0.885. The molecule has 1 nitrogen and oxygen atoms in total. The van der Waals surface area contributed by atoms with Crippen LogP contribution >= 0.6 is 18.9 Å². The zero-order valence-electron chi connectivity index (χ0n) is 12.7. The average molecular weight is 342 g/mol. The lowest BCUT2D eigenvalue weighted by atomic mass is 10.4. The summed E-state index contributed by atoms with van der Waals surface area (Å²) in [6.45, 7) is 0. The Balaban J connectivity index is 2.30. The normalized spacial score (nSPS) is 12.8. The van der Waals surface area contributed by atoms with Crippen molar-refractivity contribution in [1.29, 1.82) is 0 Å². The number of rotatable bonds is 5. The summed E-state index contributed by atoms with van der Waals surface area (Å²) in [4.78, 5) is 0. The van der Waals surface area contributed by atoms with E-state index in [1.165, 1.54) is 15.9 Å². The van der Waals surface area contributed by atoms with Gasteiger partial charge in [-0.1, -0.05) is 66.2 Å². The maximum atomic E-state index is 10.1. The van der Waals surface area contributed by atoms with Crippen LogP contribution in [-0.4, -0.2) is 16.8 Å². The van der Waals surface area contributed by atoms with Crippen molar-refractivity contribution in [3.05, 3.63) is 91.0 Å². The minimum atomic E-state index is -1.99. The molecule has 0 aliphatic heterocycles. The molecule has 3 aromatic rings. The van der Waals surface area contributed by atoms with E-state index in [1.807, 2.05) is 18.2 Å². The van der Waals surface area contributed by atoms with E-state index >= 15 is 0 Å². The van der Waals surface area contributed by atoms with Gasteiger partial charge in [-0.25, -0.2) is 0 Å². The molecule has 0 aliphatic rings. The van der Waals surface area contributed by atoms with Gasteiger partial charge < -0.3 is 5.11 Å². The van der Waals surface area contributed by atoms with E-state index in [0.29, 0.717) is 6.16 Å². The highest BCUT2D eigenvalue weighted by molar-refractivity contribution is 7.95. The van der Waals surface area contributed by atoms with Crippen molar-refractivity contribution in [2.45, 2.75) is 5.56 Å². The maximum absolute atomic E-state index is 10.1. The largest absolute Gasteiger partial charge is 0.374 e. The lowest BCUT2D eigenvalue weighted by molar-refractivity contribution is 0.280. The Morgan fingerprint density at radius 1 is 0.652 bits per heavy atom. The number of halogens is 1. The highest BCUT2D eigenvalue weighted by Crippen LogP contribution is 2.55. The molecule has 116 valence electrons. The summed E-state index contributed by atoms with van der Waals surface area (Å²) < 4.78 is 0. The SMILES string of the molecule is OC(Cl)C[P+](c1ccccc1)(c1ccccc1)c1ccccc1. The molecule has 0 aliphatic carbocycles. The smallest absolute Gasteiger partial charge is 0.162 e. The maximum Gasteiger partial charge on any atom is 0.162 e. The van der Waals surface area contributed by atoms with Crippen molar-refractivity contribution in [3.63, 3.8) is 0 Å².